The van der Waals surface area contributed by atoms with Crippen LogP contribution in [-0.2, 0) is 11.2 Å². The number of carbonyl (C=O) groups is 2. The Hall–Kier alpha value is -1.45. The van der Waals surface area contributed by atoms with Crippen molar-refractivity contribution in [2.24, 2.45) is 11.8 Å². The normalized spacial score (nSPS) is 10.5. The molecule has 0 unspecified atom stereocenters. The summed E-state index contributed by atoms with van der Waals surface area (Å²) in [6.07, 6.45) is 1.76. The third-order valence-corrected chi connectivity index (χ3v) is 2.50. The number of Topliss-reactive ketones (excluding diaryl/α,β-unsaturated/α-hetero) is 2. The topological polar surface area (TPSA) is 62.8 Å². The third-order valence-electron chi connectivity index (χ3n) is 2.50. The lowest BCUT2D eigenvalue weighted by atomic mass is 9.97. The summed E-state index contributed by atoms with van der Waals surface area (Å²) in [4.78, 5) is 23.4. The number of aromatic amines is 1. The maximum Gasteiger partial charge on any atom is 0.168 e. The molecule has 17 heavy (non-hydrogen) atoms. The van der Waals surface area contributed by atoms with Crippen LogP contribution in [0, 0.1) is 11.8 Å². The first-order valence-electron chi connectivity index (χ1n) is 5.52. The van der Waals surface area contributed by atoms with Crippen LogP contribution in [0.5, 0.6) is 0 Å². The summed E-state index contributed by atoms with van der Waals surface area (Å²) in [7, 11) is 0. The SMILES string of the molecule is C.CC(C)C(=O)Cc1[nH]ncc1C(=O)C(C)C. The van der Waals surface area contributed by atoms with Crippen molar-refractivity contribution in [1.82, 2.24) is 10.2 Å². The molecule has 4 heteroatoms. The molecule has 1 aromatic rings. The molecule has 1 N–H and O–H groups in total. The van der Waals surface area contributed by atoms with Gasteiger partial charge in [-0.15, -0.1) is 0 Å². The van der Waals surface area contributed by atoms with Gasteiger partial charge in [0, 0.05) is 18.3 Å². The van der Waals surface area contributed by atoms with E-state index < -0.39 is 0 Å². The first kappa shape index (κ1) is 15.6. The molecular formula is C13H22N2O2. The molecular weight excluding hydrogens is 216 g/mol. The lowest BCUT2D eigenvalue weighted by Crippen LogP contribution is -2.15. The van der Waals surface area contributed by atoms with Crippen LogP contribution < -0.4 is 0 Å². The minimum atomic E-state index is -0.0782. The molecule has 0 saturated heterocycles. The smallest absolute Gasteiger partial charge is 0.168 e. The van der Waals surface area contributed by atoms with Crippen LogP contribution in [-0.4, -0.2) is 21.8 Å². The van der Waals surface area contributed by atoms with E-state index in [9.17, 15) is 9.59 Å². The number of hydrogen-bond donors (Lipinski definition) is 1. The van der Waals surface area contributed by atoms with Crippen LogP contribution in [0.3, 0.4) is 0 Å². The Labute approximate surface area is 103 Å². The molecule has 96 valence electrons. The predicted molar refractivity (Wildman–Crippen MR) is 68.0 cm³/mol. The summed E-state index contributed by atoms with van der Waals surface area (Å²) in [5, 5.41) is 6.58. The van der Waals surface area contributed by atoms with Crippen LogP contribution in [0.2, 0.25) is 0 Å². The zero-order valence-electron chi connectivity index (χ0n) is 10.2. The standard InChI is InChI=1S/C12H18N2O2.CH4/c1-7(2)11(15)5-10-9(6-13-14-10)12(16)8(3)4;/h6-8H,5H2,1-4H3,(H,13,14);1H4. The monoisotopic (exact) mass is 238 g/mol. The van der Waals surface area contributed by atoms with Crippen LogP contribution in [0.25, 0.3) is 0 Å². The van der Waals surface area contributed by atoms with Gasteiger partial charge in [-0.1, -0.05) is 35.1 Å². The number of nitrogens with one attached hydrogen (secondary N) is 1. The second-order valence-electron chi connectivity index (χ2n) is 4.58. The van der Waals surface area contributed by atoms with Crippen LogP contribution in [0.15, 0.2) is 6.20 Å². The molecule has 4 nitrogen and oxygen atoms in total. The summed E-state index contributed by atoms with van der Waals surface area (Å²) in [5.74, 6) is 0.0400. The Morgan fingerprint density at radius 1 is 1.24 bits per heavy atom. The number of H-pyrrole nitrogens is 1. The fraction of sp³-hybridized carbons (Fsp3) is 0.615. The Bertz CT molecular complexity index is 392. The van der Waals surface area contributed by atoms with Crippen molar-refractivity contribution < 1.29 is 9.59 Å². The molecule has 0 aliphatic heterocycles. The number of nitrogens with zero attached hydrogens (tertiary/aromatic N) is 1. The maximum absolute atomic E-state index is 11.8. The van der Waals surface area contributed by atoms with Crippen molar-refractivity contribution in [2.75, 3.05) is 0 Å². The van der Waals surface area contributed by atoms with E-state index in [1.54, 1.807) is 0 Å². The molecule has 0 atom stereocenters. The average molecular weight is 238 g/mol. The quantitative estimate of drug-likeness (QED) is 0.802. The summed E-state index contributed by atoms with van der Waals surface area (Å²) in [6.45, 7) is 7.37. The van der Waals surface area contributed by atoms with Crippen molar-refractivity contribution in [2.45, 2.75) is 41.5 Å². The highest BCUT2D eigenvalue weighted by Gasteiger charge is 2.19. The minimum absolute atomic E-state index is 0. The summed E-state index contributed by atoms with van der Waals surface area (Å²) in [5.41, 5.74) is 1.18. The molecule has 1 aromatic heterocycles. The van der Waals surface area contributed by atoms with Gasteiger partial charge < -0.3 is 0 Å². The highest BCUT2D eigenvalue weighted by molar-refractivity contribution is 5.99. The molecule has 0 radical (unpaired) electrons. The van der Waals surface area contributed by atoms with Crippen molar-refractivity contribution in [3.8, 4) is 0 Å². The van der Waals surface area contributed by atoms with E-state index in [1.165, 1.54) is 6.20 Å². The Morgan fingerprint density at radius 2 is 1.82 bits per heavy atom. The van der Waals surface area contributed by atoms with E-state index in [1.807, 2.05) is 27.7 Å². The molecule has 0 fully saturated rings. The summed E-state index contributed by atoms with van der Waals surface area (Å²) in [6, 6.07) is 0. The fourth-order valence-electron chi connectivity index (χ4n) is 1.35. The molecule has 0 aromatic carbocycles. The third kappa shape index (κ3) is 3.80. The molecule has 0 bridgehead atoms. The van der Waals surface area contributed by atoms with Crippen molar-refractivity contribution in [3.63, 3.8) is 0 Å². The zero-order chi connectivity index (χ0) is 12.3. The van der Waals surface area contributed by atoms with E-state index in [4.69, 9.17) is 0 Å². The van der Waals surface area contributed by atoms with Crippen molar-refractivity contribution in [1.29, 1.82) is 0 Å². The van der Waals surface area contributed by atoms with Gasteiger partial charge in [-0.2, -0.15) is 5.10 Å². The highest BCUT2D eigenvalue weighted by atomic mass is 16.1. The molecule has 0 amide bonds. The first-order chi connectivity index (χ1) is 7.43. The van der Waals surface area contributed by atoms with Crippen LogP contribution in [0.4, 0.5) is 0 Å². The summed E-state index contributed by atoms with van der Waals surface area (Å²) < 4.78 is 0. The molecule has 1 heterocycles. The Balaban J connectivity index is 0.00000256. The Kier molecular flexibility index (Phi) is 5.79. The van der Waals surface area contributed by atoms with Gasteiger partial charge in [-0.3, -0.25) is 14.7 Å². The number of rotatable bonds is 5. The van der Waals surface area contributed by atoms with Gasteiger partial charge in [0.05, 0.1) is 17.5 Å². The molecule has 0 spiro atoms. The zero-order valence-corrected chi connectivity index (χ0v) is 10.2. The van der Waals surface area contributed by atoms with Crippen LogP contribution in [0.1, 0.15) is 51.2 Å². The number of hydrogen-bond acceptors (Lipinski definition) is 3. The predicted octanol–water partition coefficient (Wildman–Crippen LogP) is 2.65. The second-order valence-corrected chi connectivity index (χ2v) is 4.58. The van der Waals surface area contributed by atoms with Gasteiger partial charge in [-0.25, -0.2) is 0 Å². The molecule has 1 rings (SSSR count). The van der Waals surface area contributed by atoms with Gasteiger partial charge in [0.2, 0.25) is 0 Å². The van der Waals surface area contributed by atoms with Gasteiger partial charge >= 0.3 is 0 Å². The van der Waals surface area contributed by atoms with Gasteiger partial charge in [0.1, 0.15) is 5.78 Å². The Morgan fingerprint density at radius 3 is 2.29 bits per heavy atom. The number of aromatic nitrogens is 2. The van der Waals surface area contributed by atoms with Crippen molar-refractivity contribution >= 4 is 11.6 Å². The lowest BCUT2D eigenvalue weighted by molar-refractivity contribution is -0.121. The van der Waals surface area contributed by atoms with E-state index >= 15 is 0 Å². The first-order valence-corrected chi connectivity index (χ1v) is 5.52. The number of ketones is 2. The van der Waals surface area contributed by atoms with E-state index in [2.05, 4.69) is 10.2 Å². The van der Waals surface area contributed by atoms with Crippen molar-refractivity contribution in [3.05, 3.63) is 17.5 Å². The largest absolute Gasteiger partial charge is 0.299 e. The molecule has 0 aliphatic carbocycles. The van der Waals surface area contributed by atoms with E-state index in [0.717, 1.165) is 0 Å². The van der Waals surface area contributed by atoms with Crippen LogP contribution >= 0.6 is 0 Å². The highest BCUT2D eigenvalue weighted by Crippen LogP contribution is 2.13. The van der Waals surface area contributed by atoms with Gasteiger partial charge in [-0.05, 0) is 0 Å². The van der Waals surface area contributed by atoms with Gasteiger partial charge in [0.15, 0.2) is 5.78 Å². The summed E-state index contributed by atoms with van der Waals surface area (Å²) >= 11 is 0. The average Bonchev–Trinajstić information content (AvgIpc) is 2.64. The fourth-order valence-corrected chi connectivity index (χ4v) is 1.35. The second kappa shape index (κ2) is 6.33. The maximum atomic E-state index is 11.8. The van der Waals surface area contributed by atoms with E-state index in [0.29, 0.717) is 11.3 Å². The van der Waals surface area contributed by atoms with E-state index in [-0.39, 0.29) is 37.2 Å². The number of carbonyl (C=O) groups excluding carboxylic acids is 2. The molecule has 0 saturated carbocycles. The molecule has 0 aliphatic rings. The minimum Gasteiger partial charge on any atom is -0.299 e. The lowest BCUT2D eigenvalue weighted by Gasteiger charge is -2.06. The van der Waals surface area contributed by atoms with Gasteiger partial charge in [0.25, 0.3) is 0 Å².